The molecule has 2 aliphatic heterocycles. The van der Waals surface area contributed by atoms with Gasteiger partial charge in [-0.15, -0.1) is 0 Å². The van der Waals surface area contributed by atoms with Gasteiger partial charge in [0, 0.05) is 30.8 Å². The molecule has 6 nitrogen and oxygen atoms in total. The fourth-order valence-electron chi connectivity index (χ4n) is 4.71. The minimum atomic E-state index is -0.437. The summed E-state index contributed by atoms with van der Waals surface area (Å²) < 4.78 is 0. The van der Waals surface area contributed by atoms with Crippen LogP contribution in [0, 0.1) is 0 Å². The van der Waals surface area contributed by atoms with Gasteiger partial charge >= 0.3 is 0 Å². The van der Waals surface area contributed by atoms with E-state index in [4.69, 9.17) is 11.6 Å². The summed E-state index contributed by atoms with van der Waals surface area (Å²) in [4.78, 5) is 27.7. The van der Waals surface area contributed by atoms with Crippen LogP contribution in [0.4, 0.5) is 5.69 Å². The van der Waals surface area contributed by atoms with Gasteiger partial charge in [-0.05, 0) is 43.2 Å². The SMILES string of the molecule is CN1CN(c2ccccc2)C2(CCN(Cc3nc4ccc(Cl)cc4[nH]3)CC2)C1=O. The Morgan fingerprint density at radius 2 is 1.90 bits per heavy atom. The van der Waals surface area contributed by atoms with Crippen LogP contribution in [-0.2, 0) is 11.3 Å². The molecule has 0 bridgehead atoms. The van der Waals surface area contributed by atoms with Gasteiger partial charge in [0.25, 0.3) is 0 Å². The summed E-state index contributed by atoms with van der Waals surface area (Å²) in [5.41, 5.74) is 2.57. The van der Waals surface area contributed by atoms with E-state index in [0.29, 0.717) is 11.7 Å². The number of hydrogen-bond acceptors (Lipinski definition) is 4. The van der Waals surface area contributed by atoms with E-state index >= 15 is 0 Å². The molecule has 7 heteroatoms. The standard InChI is InChI=1S/C22H24ClN5O/c1-26-15-28(17-5-3-2-4-6-17)22(21(26)29)9-11-27(12-10-22)14-20-24-18-8-7-16(23)13-19(18)25-20/h2-8,13H,9-12,14-15H2,1H3,(H,24,25). The van der Waals surface area contributed by atoms with E-state index in [-0.39, 0.29) is 5.91 Å². The number of H-pyrrole nitrogens is 1. The maximum atomic E-state index is 13.1. The number of halogens is 1. The van der Waals surface area contributed by atoms with E-state index in [2.05, 4.69) is 31.9 Å². The van der Waals surface area contributed by atoms with E-state index in [1.54, 1.807) is 0 Å². The molecule has 1 aromatic heterocycles. The number of likely N-dealkylation sites (N-methyl/N-ethyl adjacent to an activating group) is 1. The highest BCUT2D eigenvalue weighted by atomic mass is 35.5. The lowest BCUT2D eigenvalue weighted by Crippen LogP contribution is -2.56. The van der Waals surface area contributed by atoms with Gasteiger partial charge in [-0.1, -0.05) is 29.8 Å². The molecule has 2 saturated heterocycles. The number of benzene rings is 2. The van der Waals surface area contributed by atoms with E-state index in [0.717, 1.165) is 55.0 Å². The van der Waals surface area contributed by atoms with Crippen LogP contribution in [-0.4, -0.2) is 58.0 Å². The Kier molecular flexibility index (Phi) is 4.48. The summed E-state index contributed by atoms with van der Waals surface area (Å²) in [5, 5.41) is 0.706. The van der Waals surface area contributed by atoms with E-state index in [1.807, 2.05) is 48.3 Å². The van der Waals surface area contributed by atoms with Crippen molar-refractivity contribution in [3.8, 4) is 0 Å². The van der Waals surface area contributed by atoms with Crippen molar-refractivity contribution in [1.82, 2.24) is 19.8 Å². The quantitative estimate of drug-likeness (QED) is 0.719. The minimum absolute atomic E-state index is 0.236. The highest BCUT2D eigenvalue weighted by molar-refractivity contribution is 6.31. The number of para-hydroxylation sites is 1. The number of rotatable bonds is 3. The first-order valence-corrected chi connectivity index (χ1v) is 10.4. The zero-order valence-electron chi connectivity index (χ0n) is 16.4. The third-order valence-electron chi connectivity index (χ3n) is 6.23. The largest absolute Gasteiger partial charge is 0.341 e. The highest BCUT2D eigenvalue weighted by Crippen LogP contribution is 2.39. The van der Waals surface area contributed by atoms with E-state index in [1.165, 1.54) is 0 Å². The average Bonchev–Trinajstić information content (AvgIpc) is 3.24. The number of carbonyl (C=O) groups is 1. The third kappa shape index (κ3) is 3.16. The molecule has 0 aliphatic carbocycles. The van der Waals surface area contributed by atoms with Gasteiger partial charge in [-0.3, -0.25) is 9.69 Å². The van der Waals surface area contributed by atoms with Gasteiger partial charge in [-0.2, -0.15) is 0 Å². The Bertz CT molecular complexity index is 1040. The van der Waals surface area contributed by atoms with Crippen LogP contribution in [0.5, 0.6) is 0 Å². The number of piperidine rings is 1. The molecule has 1 amide bonds. The molecule has 2 aliphatic rings. The number of hydrogen-bond donors (Lipinski definition) is 1. The van der Waals surface area contributed by atoms with Gasteiger partial charge < -0.3 is 14.8 Å². The summed E-state index contributed by atoms with van der Waals surface area (Å²) in [6.07, 6.45) is 1.63. The zero-order valence-corrected chi connectivity index (χ0v) is 17.2. The molecule has 1 spiro atoms. The zero-order chi connectivity index (χ0) is 20.0. The summed E-state index contributed by atoms with van der Waals surface area (Å²) in [6.45, 7) is 3.12. The molecular weight excluding hydrogens is 386 g/mol. The van der Waals surface area contributed by atoms with Crippen LogP contribution >= 0.6 is 11.6 Å². The number of aromatic nitrogens is 2. The Balaban J connectivity index is 1.33. The van der Waals surface area contributed by atoms with Crippen molar-refractivity contribution in [1.29, 1.82) is 0 Å². The van der Waals surface area contributed by atoms with Crippen LogP contribution in [0.25, 0.3) is 11.0 Å². The van der Waals surface area contributed by atoms with Crippen LogP contribution in [0.15, 0.2) is 48.5 Å². The predicted molar refractivity (Wildman–Crippen MR) is 115 cm³/mol. The fraction of sp³-hybridized carbons (Fsp3) is 0.364. The lowest BCUT2D eigenvalue weighted by atomic mass is 9.85. The monoisotopic (exact) mass is 409 g/mol. The van der Waals surface area contributed by atoms with E-state index < -0.39 is 5.54 Å². The lowest BCUT2D eigenvalue weighted by molar-refractivity contribution is -0.132. The molecule has 29 heavy (non-hydrogen) atoms. The first-order valence-electron chi connectivity index (χ1n) is 10.00. The molecule has 2 fully saturated rings. The van der Waals surface area contributed by atoms with Crippen LogP contribution in [0.3, 0.4) is 0 Å². The van der Waals surface area contributed by atoms with Crippen molar-refractivity contribution in [3.63, 3.8) is 0 Å². The normalized spacial score (nSPS) is 19.6. The topological polar surface area (TPSA) is 55.5 Å². The van der Waals surface area contributed by atoms with Crippen LogP contribution in [0.1, 0.15) is 18.7 Å². The van der Waals surface area contributed by atoms with Crippen molar-refractivity contribution in [3.05, 3.63) is 59.4 Å². The Morgan fingerprint density at radius 1 is 1.14 bits per heavy atom. The Morgan fingerprint density at radius 3 is 2.66 bits per heavy atom. The van der Waals surface area contributed by atoms with Crippen molar-refractivity contribution in [2.24, 2.45) is 0 Å². The highest BCUT2D eigenvalue weighted by Gasteiger charge is 2.52. The molecule has 0 radical (unpaired) electrons. The number of anilines is 1. The summed E-state index contributed by atoms with van der Waals surface area (Å²) in [7, 11) is 1.90. The van der Waals surface area contributed by atoms with Gasteiger partial charge in [0.05, 0.1) is 24.2 Å². The number of nitrogens with zero attached hydrogens (tertiary/aromatic N) is 4. The molecule has 2 aromatic carbocycles. The van der Waals surface area contributed by atoms with Gasteiger partial charge in [0.15, 0.2) is 0 Å². The maximum absolute atomic E-state index is 13.1. The predicted octanol–water partition coefficient (Wildman–Crippen LogP) is 3.49. The lowest BCUT2D eigenvalue weighted by Gasteiger charge is -2.43. The second-order valence-electron chi connectivity index (χ2n) is 8.06. The van der Waals surface area contributed by atoms with Gasteiger partial charge in [0.2, 0.25) is 5.91 Å². The minimum Gasteiger partial charge on any atom is -0.341 e. The summed E-state index contributed by atoms with van der Waals surface area (Å²) in [5.74, 6) is 1.17. The molecule has 150 valence electrons. The second-order valence-corrected chi connectivity index (χ2v) is 8.50. The van der Waals surface area contributed by atoms with Crippen molar-refractivity contribution < 1.29 is 4.79 Å². The van der Waals surface area contributed by atoms with Crippen molar-refractivity contribution in [2.75, 3.05) is 31.7 Å². The summed E-state index contributed by atoms with van der Waals surface area (Å²) >= 11 is 6.08. The molecule has 0 saturated carbocycles. The molecular formula is C22H24ClN5O. The Hall–Kier alpha value is -2.57. The van der Waals surface area contributed by atoms with Crippen molar-refractivity contribution >= 4 is 34.2 Å². The smallest absolute Gasteiger partial charge is 0.249 e. The molecule has 3 aromatic rings. The fourth-order valence-corrected chi connectivity index (χ4v) is 4.88. The number of nitrogens with one attached hydrogen (secondary N) is 1. The number of fused-ring (bicyclic) bond motifs is 1. The first kappa shape index (κ1) is 18.5. The molecule has 3 heterocycles. The third-order valence-corrected chi connectivity index (χ3v) is 6.47. The van der Waals surface area contributed by atoms with Gasteiger partial charge in [-0.25, -0.2) is 4.98 Å². The van der Waals surface area contributed by atoms with Crippen LogP contribution in [0.2, 0.25) is 5.02 Å². The number of aromatic amines is 1. The van der Waals surface area contributed by atoms with Crippen LogP contribution < -0.4 is 4.90 Å². The average molecular weight is 410 g/mol. The van der Waals surface area contributed by atoms with Gasteiger partial charge in [0.1, 0.15) is 11.4 Å². The number of likely N-dealkylation sites (tertiary alicyclic amines) is 1. The first-order chi connectivity index (χ1) is 14.0. The Labute approximate surface area is 175 Å². The maximum Gasteiger partial charge on any atom is 0.249 e. The number of amides is 1. The van der Waals surface area contributed by atoms with E-state index in [9.17, 15) is 4.79 Å². The number of imidazole rings is 1. The molecule has 0 atom stereocenters. The number of carbonyl (C=O) groups excluding carboxylic acids is 1. The molecule has 1 N–H and O–H groups in total. The van der Waals surface area contributed by atoms with Crippen molar-refractivity contribution in [2.45, 2.75) is 24.9 Å². The molecule has 5 rings (SSSR count). The second kappa shape index (κ2) is 7.04. The molecule has 0 unspecified atom stereocenters. The summed E-state index contributed by atoms with van der Waals surface area (Å²) in [6, 6.07) is 16.0.